The molecule has 4 rings (SSSR count). The van der Waals surface area contributed by atoms with Gasteiger partial charge in [0.05, 0.1) is 17.8 Å². The van der Waals surface area contributed by atoms with E-state index in [0.29, 0.717) is 12.6 Å². The lowest BCUT2D eigenvalue weighted by molar-refractivity contribution is 0.0362. The lowest BCUT2D eigenvalue weighted by atomic mass is 10.1. The van der Waals surface area contributed by atoms with Crippen LogP contribution >= 0.6 is 0 Å². The van der Waals surface area contributed by atoms with E-state index in [1.165, 1.54) is 5.56 Å². The molecule has 5 nitrogen and oxygen atoms in total. The Bertz CT molecular complexity index is 847. The Hall–Kier alpha value is -2.21. The maximum Gasteiger partial charge on any atom is 0.0917 e. The number of H-pyrrole nitrogens is 1. The van der Waals surface area contributed by atoms with E-state index in [1.807, 2.05) is 36.5 Å². The minimum Gasteiger partial charge on any atom is -0.387 e. The highest BCUT2D eigenvalue weighted by Crippen LogP contribution is 2.20. The highest BCUT2D eigenvalue weighted by atomic mass is 16.3. The molecule has 0 saturated carbocycles. The van der Waals surface area contributed by atoms with Crippen molar-refractivity contribution >= 4 is 10.9 Å². The molecule has 2 aromatic carbocycles. The van der Waals surface area contributed by atoms with E-state index in [-0.39, 0.29) is 0 Å². The van der Waals surface area contributed by atoms with Crippen molar-refractivity contribution in [3.63, 3.8) is 0 Å². The predicted molar refractivity (Wildman–Crippen MR) is 104 cm³/mol. The van der Waals surface area contributed by atoms with Crippen LogP contribution in [0.2, 0.25) is 0 Å². The summed E-state index contributed by atoms with van der Waals surface area (Å²) in [6.45, 7) is 6.92. The highest BCUT2D eigenvalue weighted by molar-refractivity contribution is 5.78. The van der Waals surface area contributed by atoms with Crippen molar-refractivity contribution in [1.82, 2.24) is 20.0 Å². The first-order valence-corrected chi connectivity index (χ1v) is 9.30. The van der Waals surface area contributed by atoms with Crippen molar-refractivity contribution in [3.8, 4) is 0 Å². The molecular formula is C21H26N4O. The number of aromatic amines is 1. The van der Waals surface area contributed by atoms with Gasteiger partial charge in [-0.2, -0.15) is 5.10 Å². The van der Waals surface area contributed by atoms with Crippen LogP contribution in [-0.4, -0.2) is 57.3 Å². The summed E-state index contributed by atoms with van der Waals surface area (Å²) in [6.07, 6.45) is 1.44. The predicted octanol–water partition coefficient (Wildman–Crippen LogP) is 2.80. The van der Waals surface area contributed by atoms with Crippen LogP contribution in [0, 0.1) is 0 Å². The Morgan fingerprint density at radius 1 is 1.19 bits per heavy atom. The third-order valence-corrected chi connectivity index (χ3v) is 5.35. The zero-order valence-corrected chi connectivity index (χ0v) is 15.2. The lowest BCUT2D eigenvalue weighted by Crippen LogP contribution is -2.52. The minimum atomic E-state index is -0.423. The van der Waals surface area contributed by atoms with E-state index in [4.69, 9.17) is 0 Å². The van der Waals surface area contributed by atoms with E-state index in [1.54, 1.807) is 0 Å². The molecule has 0 radical (unpaired) electrons. The molecule has 0 spiro atoms. The van der Waals surface area contributed by atoms with Gasteiger partial charge in [-0.1, -0.05) is 42.5 Å². The molecule has 0 aliphatic carbocycles. The molecule has 5 heteroatoms. The average molecular weight is 350 g/mol. The summed E-state index contributed by atoms with van der Waals surface area (Å²) in [5.74, 6) is 0. The lowest BCUT2D eigenvalue weighted by Gasteiger charge is -2.40. The minimum absolute atomic E-state index is 0.423. The van der Waals surface area contributed by atoms with Gasteiger partial charge >= 0.3 is 0 Å². The number of rotatable bonds is 5. The number of hydrogen-bond donors (Lipinski definition) is 2. The number of β-amino-alcohol motifs (C(OH)–C–C–N with tert-alkyl or cyclic N) is 1. The molecule has 1 saturated heterocycles. The zero-order chi connectivity index (χ0) is 17.9. The maximum atomic E-state index is 10.5. The number of aromatic nitrogens is 2. The number of hydrogen-bond acceptors (Lipinski definition) is 4. The fraction of sp³-hybridized carbons (Fsp3) is 0.381. The smallest absolute Gasteiger partial charge is 0.0917 e. The maximum absolute atomic E-state index is 10.5. The topological polar surface area (TPSA) is 55.4 Å². The molecule has 1 aromatic heterocycles. The van der Waals surface area contributed by atoms with Gasteiger partial charge in [-0.3, -0.25) is 14.9 Å². The van der Waals surface area contributed by atoms with Gasteiger partial charge in [-0.15, -0.1) is 0 Å². The number of nitrogens with zero attached hydrogens (tertiary/aromatic N) is 3. The van der Waals surface area contributed by atoms with E-state index < -0.39 is 6.10 Å². The number of benzene rings is 2. The van der Waals surface area contributed by atoms with Crippen molar-refractivity contribution < 1.29 is 5.11 Å². The van der Waals surface area contributed by atoms with Gasteiger partial charge in [0, 0.05) is 44.2 Å². The van der Waals surface area contributed by atoms with Crippen LogP contribution in [0.3, 0.4) is 0 Å². The number of piperazine rings is 1. The number of aliphatic hydroxyl groups is 1. The van der Waals surface area contributed by atoms with Crippen LogP contribution in [0.5, 0.6) is 0 Å². The van der Waals surface area contributed by atoms with E-state index >= 15 is 0 Å². The van der Waals surface area contributed by atoms with Crippen LogP contribution in [-0.2, 0) is 6.54 Å². The van der Waals surface area contributed by atoms with Gasteiger partial charge in [-0.05, 0) is 24.1 Å². The Morgan fingerprint density at radius 3 is 2.85 bits per heavy atom. The van der Waals surface area contributed by atoms with Crippen LogP contribution in [0.1, 0.15) is 24.2 Å². The molecule has 0 amide bonds. The van der Waals surface area contributed by atoms with Crippen molar-refractivity contribution in [1.29, 1.82) is 0 Å². The van der Waals surface area contributed by atoms with Crippen molar-refractivity contribution in [3.05, 3.63) is 65.9 Å². The normalized spacial score (nSPS) is 20.5. The molecule has 0 bridgehead atoms. The average Bonchev–Trinajstić information content (AvgIpc) is 3.12. The Balaban J connectivity index is 1.34. The quantitative estimate of drug-likeness (QED) is 0.743. The number of aliphatic hydroxyl groups excluding tert-OH is 1. The molecule has 2 atom stereocenters. The first kappa shape index (κ1) is 17.2. The van der Waals surface area contributed by atoms with Crippen LogP contribution in [0.15, 0.2) is 54.7 Å². The van der Waals surface area contributed by atoms with Gasteiger partial charge in [0.1, 0.15) is 0 Å². The Morgan fingerprint density at radius 2 is 2.04 bits per heavy atom. The fourth-order valence-electron chi connectivity index (χ4n) is 3.83. The molecule has 2 unspecified atom stereocenters. The molecule has 1 fully saturated rings. The van der Waals surface area contributed by atoms with Crippen LogP contribution in [0.4, 0.5) is 0 Å². The van der Waals surface area contributed by atoms with E-state index in [9.17, 15) is 5.11 Å². The summed E-state index contributed by atoms with van der Waals surface area (Å²) in [5.41, 5.74) is 3.40. The first-order valence-electron chi connectivity index (χ1n) is 9.30. The van der Waals surface area contributed by atoms with Crippen molar-refractivity contribution in [2.24, 2.45) is 0 Å². The Kier molecular flexibility index (Phi) is 5.02. The van der Waals surface area contributed by atoms with Gasteiger partial charge in [0.15, 0.2) is 0 Å². The summed E-state index contributed by atoms with van der Waals surface area (Å²) >= 11 is 0. The standard InChI is InChI=1S/C21H26N4O/c1-16-13-24(14-17-7-8-19-12-22-23-20(19)11-17)9-10-25(16)15-21(26)18-5-3-2-4-6-18/h2-8,11-12,16,21,26H,9-10,13-15H2,1H3,(H,22,23). The van der Waals surface area contributed by atoms with Gasteiger partial charge in [-0.25, -0.2) is 0 Å². The molecular weight excluding hydrogens is 324 g/mol. The van der Waals surface area contributed by atoms with E-state index in [0.717, 1.165) is 42.6 Å². The second kappa shape index (κ2) is 7.58. The molecule has 2 heterocycles. The molecule has 26 heavy (non-hydrogen) atoms. The number of nitrogens with one attached hydrogen (secondary N) is 1. The zero-order valence-electron chi connectivity index (χ0n) is 15.2. The summed E-state index contributed by atoms with van der Waals surface area (Å²) in [7, 11) is 0. The largest absolute Gasteiger partial charge is 0.387 e. The van der Waals surface area contributed by atoms with Gasteiger partial charge in [0.25, 0.3) is 0 Å². The SMILES string of the molecule is CC1CN(Cc2ccc3cn[nH]c3c2)CCN1CC(O)c1ccccc1. The second-order valence-electron chi connectivity index (χ2n) is 7.30. The summed E-state index contributed by atoms with van der Waals surface area (Å²) in [5, 5.41) is 18.8. The van der Waals surface area contributed by atoms with Crippen LogP contribution < -0.4 is 0 Å². The van der Waals surface area contributed by atoms with Gasteiger partial charge < -0.3 is 5.11 Å². The molecule has 2 N–H and O–H groups in total. The van der Waals surface area contributed by atoms with Crippen LogP contribution in [0.25, 0.3) is 10.9 Å². The number of fused-ring (bicyclic) bond motifs is 1. The second-order valence-corrected chi connectivity index (χ2v) is 7.30. The first-order chi connectivity index (χ1) is 12.7. The molecule has 1 aliphatic rings. The summed E-state index contributed by atoms with van der Waals surface area (Å²) in [4.78, 5) is 4.89. The Labute approximate surface area is 154 Å². The molecule has 1 aliphatic heterocycles. The summed E-state index contributed by atoms with van der Waals surface area (Å²) in [6, 6.07) is 16.9. The third kappa shape index (κ3) is 3.80. The third-order valence-electron chi connectivity index (χ3n) is 5.35. The van der Waals surface area contributed by atoms with Gasteiger partial charge in [0.2, 0.25) is 0 Å². The van der Waals surface area contributed by atoms with Crippen molar-refractivity contribution in [2.45, 2.75) is 25.6 Å². The monoisotopic (exact) mass is 350 g/mol. The fourth-order valence-corrected chi connectivity index (χ4v) is 3.83. The van der Waals surface area contributed by atoms with E-state index in [2.05, 4.69) is 45.1 Å². The molecule has 136 valence electrons. The van der Waals surface area contributed by atoms with Crippen molar-refractivity contribution in [2.75, 3.05) is 26.2 Å². The highest BCUT2D eigenvalue weighted by Gasteiger charge is 2.25. The summed E-state index contributed by atoms with van der Waals surface area (Å²) < 4.78 is 0. The molecule has 3 aromatic rings.